The monoisotopic (exact) mass is 244 g/mol. The molecule has 0 radical (unpaired) electrons. The van der Waals surface area contributed by atoms with Crippen molar-refractivity contribution in [1.29, 1.82) is 0 Å². The first kappa shape index (κ1) is 14.4. The number of aliphatic hydroxyl groups is 1. The van der Waals surface area contributed by atoms with E-state index in [0.717, 1.165) is 18.8 Å². The van der Waals surface area contributed by atoms with Gasteiger partial charge in [-0.15, -0.1) is 0 Å². The zero-order valence-corrected chi connectivity index (χ0v) is 11.6. The zero-order valence-electron chi connectivity index (χ0n) is 10.8. The van der Waals surface area contributed by atoms with Crippen molar-refractivity contribution in [3.05, 3.63) is 0 Å². The van der Waals surface area contributed by atoms with Gasteiger partial charge in [0.1, 0.15) is 0 Å². The molecule has 1 rings (SSSR count). The Labute approximate surface area is 105 Å². The Balaban J connectivity index is 1.95. The minimum absolute atomic E-state index is 0.0188. The molecular formula is C14H28OS. The average molecular weight is 244 g/mol. The molecule has 0 bridgehead atoms. The fourth-order valence-corrected chi connectivity index (χ4v) is 3.67. The maximum absolute atomic E-state index is 9.95. The summed E-state index contributed by atoms with van der Waals surface area (Å²) in [6.07, 6.45) is 11.3. The Morgan fingerprint density at radius 1 is 1.12 bits per heavy atom. The predicted molar refractivity (Wildman–Crippen MR) is 74.0 cm³/mol. The van der Waals surface area contributed by atoms with Gasteiger partial charge in [-0.3, -0.25) is 0 Å². The van der Waals surface area contributed by atoms with Crippen LogP contribution in [0.2, 0.25) is 0 Å². The molecule has 1 unspecified atom stereocenters. The van der Waals surface area contributed by atoms with Crippen LogP contribution in [-0.4, -0.2) is 22.7 Å². The highest BCUT2D eigenvalue weighted by Gasteiger charge is 2.17. The second kappa shape index (κ2) is 9.35. The third-order valence-electron chi connectivity index (χ3n) is 3.59. The van der Waals surface area contributed by atoms with E-state index in [4.69, 9.17) is 0 Å². The molecule has 1 atom stereocenters. The lowest BCUT2D eigenvalue weighted by atomic mass is 9.93. The molecule has 2 heteroatoms. The highest BCUT2D eigenvalue weighted by molar-refractivity contribution is 7.99. The van der Waals surface area contributed by atoms with Gasteiger partial charge in [0.15, 0.2) is 0 Å². The summed E-state index contributed by atoms with van der Waals surface area (Å²) >= 11 is 2.07. The first-order valence-electron chi connectivity index (χ1n) is 7.08. The van der Waals surface area contributed by atoms with Gasteiger partial charge in [-0.25, -0.2) is 0 Å². The van der Waals surface area contributed by atoms with Gasteiger partial charge in [-0.05, 0) is 43.1 Å². The summed E-state index contributed by atoms with van der Waals surface area (Å²) in [5.41, 5.74) is 0. The molecule has 16 heavy (non-hydrogen) atoms. The van der Waals surface area contributed by atoms with E-state index in [1.54, 1.807) is 0 Å². The van der Waals surface area contributed by atoms with Gasteiger partial charge in [0.05, 0.1) is 6.10 Å². The molecule has 0 aliphatic carbocycles. The van der Waals surface area contributed by atoms with Crippen molar-refractivity contribution in [2.45, 2.75) is 70.8 Å². The first-order valence-corrected chi connectivity index (χ1v) is 8.24. The molecule has 0 spiro atoms. The van der Waals surface area contributed by atoms with E-state index in [-0.39, 0.29) is 6.10 Å². The molecule has 1 N–H and O–H groups in total. The number of hydrogen-bond acceptors (Lipinski definition) is 2. The summed E-state index contributed by atoms with van der Waals surface area (Å²) in [6, 6.07) is 0. The lowest BCUT2D eigenvalue weighted by Crippen LogP contribution is -2.17. The summed E-state index contributed by atoms with van der Waals surface area (Å²) < 4.78 is 0. The van der Waals surface area contributed by atoms with E-state index in [1.807, 2.05) is 0 Å². The fraction of sp³-hybridized carbons (Fsp3) is 1.00. The van der Waals surface area contributed by atoms with Crippen LogP contribution in [0.4, 0.5) is 0 Å². The van der Waals surface area contributed by atoms with Crippen LogP contribution in [0.5, 0.6) is 0 Å². The van der Waals surface area contributed by atoms with Crippen LogP contribution >= 0.6 is 11.8 Å². The molecule has 1 heterocycles. The number of aliphatic hydroxyl groups excluding tert-OH is 1. The molecule has 0 amide bonds. The molecule has 1 aliphatic rings. The molecule has 1 saturated heterocycles. The van der Waals surface area contributed by atoms with Gasteiger partial charge >= 0.3 is 0 Å². The molecule has 0 aromatic carbocycles. The van der Waals surface area contributed by atoms with Crippen molar-refractivity contribution in [3.8, 4) is 0 Å². The molecule has 0 aromatic heterocycles. The average Bonchev–Trinajstić information content (AvgIpc) is 2.30. The summed E-state index contributed by atoms with van der Waals surface area (Å²) in [6.45, 7) is 2.25. The Bertz CT molecular complexity index is 155. The van der Waals surface area contributed by atoms with Crippen molar-refractivity contribution >= 4 is 11.8 Å². The molecule has 0 saturated carbocycles. The Morgan fingerprint density at radius 3 is 2.50 bits per heavy atom. The maximum Gasteiger partial charge on any atom is 0.0542 e. The van der Waals surface area contributed by atoms with E-state index in [2.05, 4.69) is 18.7 Å². The Kier molecular flexibility index (Phi) is 8.40. The SMILES string of the molecule is CCCCCCCC(O)CC1CCSCC1. The summed E-state index contributed by atoms with van der Waals surface area (Å²) in [5, 5.41) is 9.95. The topological polar surface area (TPSA) is 20.2 Å². The van der Waals surface area contributed by atoms with Gasteiger partial charge < -0.3 is 5.11 Å². The number of thioether (sulfide) groups is 1. The lowest BCUT2D eigenvalue weighted by molar-refractivity contribution is 0.127. The van der Waals surface area contributed by atoms with Crippen LogP contribution in [0.1, 0.15) is 64.7 Å². The van der Waals surface area contributed by atoms with E-state index < -0.39 is 0 Å². The second-order valence-corrected chi connectivity index (χ2v) is 6.37. The van der Waals surface area contributed by atoms with Crippen molar-refractivity contribution in [2.24, 2.45) is 5.92 Å². The van der Waals surface area contributed by atoms with Crippen molar-refractivity contribution in [3.63, 3.8) is 0 Å². The minimum Gasteiger partial charge on any atom is -0.393 e. The molecule has 96 valence electrons. The molecular weight excluding hydrogens is 216 g/mol. The highest BCUT2D eigenvalue weighted by Crippen LogP contribution is 2.27. The fourth-order valence-electron chi connectivity index (χ4n) is 2.47. The molecule has 0 aromatic rings. The van der Waals surface area contributed by atoms with Crippen LogP contribution < -0.4 is 0 Å². The number of unbranched alkanes of at least 4 members (excludes halogenated alkanes) is 4. The van der Waals surface area contributed by atoms with Gasteiger partial charge in [0, 0.05) is 0 Å². The molecule has 1 aliphatic heterocycles. The number of hydrogen-bond donors (Lipinski definition) is 1. The largest absolute Gasteiger partial charge is 0.393 e. The summed E-state index contributed by atoms with van der Waals surface area (Å²) in [7, 11) is 0. The lowest BCUT2D eigenvalue weighted by Gasteiger charge is -2.23. The molecule has 1 nitrogen and oxygen atoms in total. The van der Waals surface area contributed by atoms with E-state index >= 15 is 0 Å². The van der Waals surface area contributed by atoms with Gasteiger partial charge in [0.2, 0.25) is 0 Å². The first-order chi connectivity index (χ1) is 7.83. The minimum atomic E-state index is -0.0188. The summed E-state index contributed by atoms with van der Waals surface area (Å²) in [4.78, 5) is 0. The van der Waals surface area contributed by atoms with Crippen LogP contribution in [0.15, 0.2) is 0 Å². The predicted octanol–water partition coefficient (Wildman–Crippen LogP) is 4.24. The highest BCUT2D eigenvalue weighted by atomic mass is 32.2. The van der Waals surface area contributed by atoms with Crippen molar-refractivity contribution in [2.75, 3.05) is 11.5 Å². The van der Waals surface area contributed by atoms with Crippen LogP contribution in [0.25, 0.3) is 0 Å². The van der Waals surface area contributed by atoms with E-state index in [9.17, 15) is 5.11 Å². The zero-order chi connectivity index (χ0) is 11.6. The third kappa shape index (κ3) is 6.80. The smallest absolute Gasteiger partial charge is 0.0542 e. The quantitative estimate of drug-likeness (QED) is 0.644. The van der Waals surface area contributed by atoms with Crippen LogP contribution in [-0.2, 0) is 0 Å². The summed E-state index contributed by atoms with van der Waals surface area (Å²) in [5.74, 6) is 3.44. The molecule has 1 fully saturated rings. The Hall–Kier alpha value is 0.310. The normalized spacial score (nSPS) is 19.9. The van der Waals surface area contributed by atoms with Crippen LogP contribution in [0, 0.1) is 5.92 Å². The van der Waals surface area contributed by atoms with Gasteiger partial charge in [0.25, 0.3) is 0 Å². The van der Waals surface area contributed by atoms with E-state index in [0.29, 0.717) is 0 Å². The third-order valence-corrected chi connectivity index (χ3v) is 4.64. The van der Waals surface area contributed by atoms with Gasteiger partial charge in [-0.1, -0.05) is 39.0 Å². The second-order valence-electron chi connectivity index (χ2n) is 5.15. The van der Waals surface area contributed by atoms with Crippen molar-refractivity contribution in [1.82, 2.24) is 0 Å². The van der Waals surface area contributed by atoms with Crippen LogP contribution in [0.3, 0.4) is 0 Å². The Morgan fingerprint density at radius 2 is 1.81 bits per heavy atom. The maximum atomic E-state index is 9.95. The van der Waals surface area contributed by atoms with E-state index in [1.165, 1.54) is 56.5 Å². The standard InChI is InChI=1S/C14H28OS/c1-2-3-4-5-6-7-14(15)12-13-8-10-16-11-9-13/h13-15H,2-12H2,1H3. The van der Waals surface area contributed by atoms with Gasteiger partial charge in [-0.2, -0.15) is 11.8 Å². The number of rotatable bonds is 8. The van der Waals surface area contributed by atoms with Crippen molar-refractivity contribution < 1.29 is 5.11 Å².